The molecule has 2 atom stereocenters. The fourth-order valence-corrected chi connectivity index (χ4v) is 1.70. The van der Waals surface area contributed by atoms with Gasteiger partial charge in [0.2, 0.25) is 0 Å². The van der Waals surface area contributed by atoms with Crippen LogP contribution < -0.4 is 0 Å². The van der Waals surface area contributed by atoms with E-state index in [0.29, 0.717) is 0 Å². The minimum Gasteiger partial charge on any atom is -0.392 e. The molecular weight excluding hydrogens is 148 g/mol. The van der Waals surface area contributed by atoms with Gasteiger partial charge in [0, 0.05) is 0 Å². The molecule has 1 rings (SSSR count). The van der Waals surface area contributed by atoms with Crippen molar-refractivity contribution in [2.45, 2.75) is 50.0 Å². The Balaban J connectivity index is 2.28. The standard InChI is InChI=1S/C8H15ClO/c9-7-5-3-1-2-4-6-8(7)10/h7-8,10H,1-6H2/t7-,8-/m1/s1. The second-order valence-corrected chi connectivity index (χ2v) is 3.64. The monoisotopic (exact) mass is 162 g/mol. The Morgan fingerprint density at radius 2 is 1.60 bits per heavy atom. The second-order valence-electron chi connectivity index (χ2n) is 3.07. The molecule has 0 bridgehead atoms. The van der Waals surface area contributed by atoms with E-state index in [2.05, 4.69) is 0 Å². The summed E-state index contributed by atoms with van der Waals surface area (Å²) in [5.74, 6) is 0. The highest BCUT2D eigenvalue weighted by molar-refractivity contribution is 6.21. The molecule has 0 unspecified atom stereocenters. The third kappa shape index (κ3) is 2.47. The molecule has 0 heterocycles. The molecule has 0 aromatic heterocycles. The molecule has 60 valence electrons. The van der Waals surface area contributed by atoms with Crippen LogP contribution in [0.25, 0.3) is 0 Å². The van der Waals surface area contributed by atoms with Crippen LogP contribution in [0.5, 0.6) is 0 Å². The maximum Gasteiger partial charge on any atom is 0.0703 e. The van der Waals surface area contributed by atoms with Crippen molar-refractivity contribution in [2.24, 2.45) is 0 Å². The summed E-state index contributed by atoms with van der Waals surface area (Å²) in [5, 5.41) is 9.36. The molecule has 0 aromatic carbocycles. The molecule has 10 heavy (non-hydrogen) atoms. The largest absolute Gasteiger partial charge is 0.392 e. The molecule has 0 saturated heterocycles. The lowest BCUT2D eigenvalue weighted by Crippen LogP contribution is -2.21. The number of aliphatic hydroxyl groups excluding tert-OH is 1. The molecule has 1 N–H and O–H groups in total. The Labute approximate surface area is 67.4 Å². The highest BCUT2D eigenvalue weighted by atomic mass is 35.5. The number of halogens is 1. The number of rotatable bonds is 0. The van der Waals surface area contributed by atoms with Crippen LogP contribution in [0.15, 0.2) is 0 Å². The van der Waals surface area contributed by atoms with E-state index in [1.165, 1.54) is 19.3 Å². The Kier molecular flexibility index (Phi) is 3.50. The zero-order chi connectivity index (χ0) is 7.40. The van der Waals surface area contributed by atoms with Gasteiger partial charge in [0.1, 0.15) is 0 Å². The minimum atomic E-state index is -0.248. The summed E-state index contributed by atoms with van der Waals surface area (Å²) in [6, 6.07) is 0. The smallest absolute Gasteiger partial charge is 0.0703 e. The zero-order valence-electron chi connectivity index (χ0n) is 6.22. The first-order valence-electron chi connectivity index (χ1n) is 4.13. The van der Waals surface area contributed by atoms with Crippen molar-refractivity contribution in [3.63, 3.8) is 0 Å². The number of alkyl halides is 1. The van der Waals surface area contributed by atoms with Gasteiger partial charge in [-0.15, -0.1) is 11.6 Å². The molecule has 1 aliphatic carbocycles. The van der Waals surface area contributed by atoms with Gasteiger partial charge < -0.3 is 5.11 Å². The average Bonchev–Trinajstić information content (AvgIpc) is 1.92. The van der Waals surface area contributed by atoms with Crippen molar-refractivity contribution in [3.05, 3.63) is 0 Å². The Hall–Kier alpha value is 0.250. The van der Waals surface area contributed by atoms with Crippen LogP contribution in [0.4, 0.5) is 0 Å². The lowest BCUT2D eigenvalue weighted by atomic mass is 9.98. The molecule has 0 radical (unpaired) electrons. The van der Waals surface area contributed by atoms with Crippen LogP contribution in [0.1, 0.15) is 38.5 Å². The quantitative estimate of drug-likeness (QED) is 0.542. The van der Waals surface area contributed by atoms with Gasteiger partial charge in [-0.25, -0.2) is 0 Å². The normalized spacial score (nSPS) is 36.6. The molecule has 0 spiro atoms. The van der Waals surface area contributed by atoms with E-state index in [1.807, 2.05) is 0 Å². The fourth-order valence-electron chi connectivity index (χ4n) is 1.42. The summed E-state index contributed by atoms with van der Waals surface area (Å²) in [6.45, 7) is 0. The highest BCUT2D eigenvalue weighted by Crippen LogP contribution is 2.21. The summed E-state index contributed by atoms with van der Waals surface area (Å²) in [5.41, 5.74) is 0. The molecule has 2 heteroatoms. The first-order chi connectivity index (χ1) is 4.80. The second kappa shape index (κ2) is 4.20. The summed E-state index contributed by atoms with van der Waals surface area (Å²) < 4.78 is 0. The molecule has 1 saturated carbocycles. The lowest BCUT2D eigenvalue weighted by molar-refractivity contribution is 0.145. The molecule has 1 nitrogen and oxygen atoms in total. The van der Waals surface area contributed by atoms with Gasteiger partial charge in [-0.3, -0.25) is 0 Å². The summed E-state index contributed by atoms with van der Waals surface area (Å²) in [7, 11) is 0. The van der Waals surface area contributed by atoms with E-state index in [-0.39, 0.29) is 11.5 Å². The molecule has 0 aliphatic heterocycles. The molecule has 0 aromatic rings. The van der Waals surface area contributed by atoms with Gasteiger partial charge in [-0.1, -0.05) is 25.7 Å². The lowest BCUT2D eigenvalue weighted by Gasteiger charge is -2.19. The van der Waals surface area contributed by atoms with Gasteiger partial charge in [0.25, 0.3) is 0 Å². The summed E-state index contributed by atoms with van der Waals surface area (Å²) >= 11 is 5.89. The van der Waals surface area contributed by atoms with Gasteiger partial charge in [0.15, 0.2) is 0 Å². The number of hydrogen-bond acceptors (Lipinski definition) is 1. The Morgan fingerprint density at radius 3 is 2.30 bits per heavy atom. The van der Waals surface area contributed by atoms with E-state index in [1.54, 1.807) is 0 Å². The first-order valence-corrected chi connectivity index (χ1v) is 4.56. The molecule has 0 amide bonds. The maximum absolute atomic E-state index is 9.35. The van der Waals surface area contributed by atoms with Gasteiger partial charge in [-0.2, -0.15) is 0 Å². The molecule has 1 fully saturated rings. The van der Waals surface area contributed by atoms with Crippen molar-refractivity contribution in [3.8, 4) is 0 Å². The highest BCUT2D eigenvalue weighted by Gasteiger charge is 2.17. The number of aliphatic hydroxyl groups is 1. The predicted molar refractivity (Wildman–Crippen MR) is 43.3 cm³/mol. The van der Waals surface area contributed by atoms with Crippen LogP contribution in [0, 0.1) is 0 Å². The average molecular weight is 163 g/mol. The fraction of sp³-hybridized carbons (Fsp3) is 1.00. The third-order valence-electron chi connectivity index (χ3n) is 2.15. The van der Waals surface area contributed by atoms with Crippen molar-refractivity contribution in [1.29, 1.82) is 0 Å². The van der Waals surface area contributed by atoms with Crippen molar-refractivity contribution < 1.29 is 5.11 Å². The van der Waals surface area contributed by atoms with Gasteiger partial charge in [-0.05, 0) is 12.8 Å². The Bertz CT molecular complexity index is 83.3. The maximum atomic E-state index is 9.35. The van der Waals surface area contributed by atoms with E-state index >= 15 is 0 Å². The van der Waals surface area contributed by atoms with Crippen LogP contribution in [-0.4, -0.2) is 16.6 Å². The Morgan fingerprint density at radius 1 is 1.00 bits per heavy atom. The van der Waals surface area contributed by atoms with E-state index in [4.69, 9.17) is 11.6 Å². The summed E-state index contributed by atoms with van der Waals surface area (Å²) in [4.78, 5) is 0. The van der Waals surface area contributed by atoms with Crippen molar-refractivity contribution in [2.75, 3.05) is 0 Å². The predicted octanol–water partition coefficient (Wildman–Crippen LogP) is 2.31. The van der Waals surface area contributed by atoms with Crippen molar-refractivity contribution >= 4 is 11.6 Å². The van der Waals surface area contributed by atoms with Gasteiger partial charge >= 0.3 is 0 Å². The summed E-state index contributed by atoms with van der Waals surface area (Å²) in [6.07, 6.45) is 6.52. The third-order valence-corrected chi connectivity index (χ3v) is 2.66. The van der Waals surface area contributed by atoms with Crippen LogP contribution in [0.2, 0.25) is 0 Å². The van der Waals surface area contributed by atoms with E-state index in [9.17, 15) is 5.11 Å². The molecular formula is C8H15ClO. The van der Waals surface area contributed by atoms with E-state index in [0.717, 1.165) is 19.3 Å². The SMILES string of the molecule is O[C@@H]1CCCCCC[C@H]1Cl. The molecule has 1 aliphatic rings. The van der Waals surface area contributed by atoms with Crippen LogP contribution in [-0.2, 0) is 0 Å². The number of hydrogen-bond donors (Lipinski definition) is 1. The first kappa shape index (κ1) is 8.35. The van der Waals surface area contributed by atoms with E-state index < -0.39 is 0 Å². The minimum absolute atomic E-state index is 0.0142. The van der Waals surface area contributed by atoms with Crippen LogP contribution in [0.3, 0.4) is 0 Å². The van der Waals surface area contributed by atoms with Crippen LogP contribution >= 0.6 is 11.6 Å². The topological polar surface area (TPSA) is 20.2 Å². The van der Waals surface area contributed by atoms with Crippen molar-refractivity contribution in [1.82, 2.24) is 0 Å². The van der Waals surface area contributed by atoms with Gasteiger partial charge in [0.05, 0.1) is 11.5 Å². The zero-order valence-corrected chi connectivity index (χ0v) is 6.98.